The van der Waals surface area contributed by atoms with Gasteiger partial charge in [0.25, 0.3) is 0 Å². The van der Waals surface area contributed by atoms with Crippen LogP contribution in [-0.2, 0) is 5.60 Å². The van der Waals surface area contributed by atoms with Crippen LogP contribution in [0.5, 0.6) is 0 Å². The first-order chi connectivity index (χ1) is 12.9. The van der Waals surface area contributed by atoms with Gasteiger partial charge in [-0.2, -0.15) is 0 Å². The molecule has 2 heterocycles. The minimum Gasteiger partial charge on any atom is -0.397 e. The van der Waals surface area contributed by atoms with Crippen molar-refractivity contribution in [3.05, 3.63) is 48.7 Å². The van der Waals surface area contributed by atoms with Crippen molar-refractivity contribution in [2.45, 2.75) is 58.1 Å². The second-order valence-corrected chi connectivity index (χ2v) is 8.27. The van der Waals surface area contributed by atoms with Crippen LogP contribution in [0, 0.1) is 11.3 Å². The van der Waals surface area contributed by atoms with Crippen LogP contribution in [0.25, 0.3) is 11.3 Å². The minimum atomic E-state index is -0.865. The van der Waals surface area contributed by atoms with E-state index in [1.54, 1.807) is 6.92 Å². The lowest BCUT2D eigenvalue weighted by molar-refractivity contribution is -0.132. The van der Waals surface area contributed by atoms with Crippen LogP contribution >= 0.6 is 0 Å². The molecule has 1 aromatic heterocycles. The van der Waals surface area contributed by atoms with Crippen LogP contribution < -0.4 is 0 Å². The van der Waals surface area contributed by atoms with Gasteiger partial charge in [0.2, 0.25) is 0 Å². The Bertz CT molecular complexity index is 784. The van der Waals surface area contributed by atoms with Crippen LogP contribution in [-0.4, -0.2) is 31.8 Å². The number of hydrogen-bond acceptors (Lipinski definition) is 4. The summed E-state index contributed by atoms with van der Waals surface area (Å²) < 4.78 is 1.91. The van der Waals surface area contributed by atoms with Gasteiger partial charge in [-0.25, -0.2) is 4.68 Å². The van der Waals surface area contributed by atoms with E-state index in [2.05, 4.69) is 30.7 Å². The molecule has 1 aliphatic heterocycles. The molecule has 5 heteroatoms. The molecule has 2 aliphatic rings. The first kappa shape index (κ1) is 19.8. The first-order valence-electron chi connectivity index (χ1n) is 9.86. The predicted octanol–water partition coefficient (Wildman–Crippen LogP) is 4.09. The molecule has 2 N–H and O–H groups in total. The maximum absolute atomic E-state index is 11.8. The van der Waals surface area contributed by atoms with E-state index in [1.807, 2.05) is 41.1 Å². The van der Waals surface area contributed by atoms with E-state index in [1.165, 1.54) is 0 Å². The standard InChI is InChI=1S/C20H25N3O.C2H6O/c1-4-15-13-16-19(2,3)11-8-12-20(16,24)18-17(21-22-23(15)18)14-9-6-5-7-10-14;1-2-3/h4-7,9-10,15-16,24H,1,8,11-13H2,2-3H3;3H,2H2,1H3/t15-,16-,20+;/m0./s1. The Morgan fingerprint density at radius 1 is 1.26 bits per heavy atom. The number of aliphatic hydroxyl groups is 2. The smallest absolute Gasteiger partial charge is 0.119 e. The lowest BCUT2D eigenvalue weighted by atomic mass is 9.57. The summed E-state index contributed by atoms with van der Waals surface area (Å²) in [4.78, 5) is 0. The van der Waals surface area contributed by atoms with Gasteiger partial charge in [-0.05, 0) is 38.0 Å². The third-order valence-corrected chi connectivity index (χ3v) is 6.11. The van der Waals surface area contributed by atoms with Crippen molar-refractivity contribution in [2.24, 2.45) is 11.3 Å². The zero-order valence-electron chi connectivity index (χ0n) is 16.6. The van der Waals surface area contributed by atoms with Gasteiger partial charge < -0.3 is 10.2 Å². The predicted molar refractivity (Wildman–Crippen MR) is 107 cm³/mol. The fourth-order valence-corrected chi connectivity index (χ4v) is 4.86. The van der Waals surface area contributed by atoms with Gasteiger partial charge in [0.05, 0.1) is 11.7 Å². The number of allylic oxidation sites excluding steroid dienone is 1. The topological polar surface area (TPSA) is 71.2 Å². The summed E-state index contributed by atoms with van der Waals surface area (Å²) in [5.74, 6) is 0.190. The summed E-state index contributed by atoms with van der Waals surface area (Å²) in [6.45, 7) is 10.5. The summed E-state index contributed by atoms with van der Waals surface area (Å²) in [5, 5.41) is 28.2. The lowest BCUT2D eigenvalue weighted by Gasteiger charge is -2.53. The first-order valence-corrected chi connectivity index (χ1v) is 9.86. The second kappa shape index (κ2) is 7.56. The molecule has 1 fully saturated rings. The summed E-state index contributed by atoms with van der Waals surface area (Å²) in [7, 11) is 0. The maximum Gasteiger partial charge on any atom is 0.119 e. The molecular formula is C22H31N3O2. The molecule has 0 unspecified atom stereocenters. The van der Waals surface area contributed by atoms with Gasteiger partial charge in [-0.1, -0.05) is 55.5 Å². The molecule has 146 valence electrons. The molecule has 0 bridgehead atoms. The van der Waals surface area contributed by atoms with Crippen LogP contribution in [0.2, 0.25) is 0 Å². The Balaban J connectivity index is 0.000000659. The van der Waals surface area contributed by atoms with Gasteiger partial charge in [-0.3, -0.25) is 0 Å². The number of aliphatic hydroxyl groups excluding tert-OH is 1. The molecule has 0 spiro atoms. The van der Waals surface area contributed by atoms with Crippen molar-refractivity contribution in [3.63, 3.8) is 0 Å². The molecule has 1 aromatic carbocycles. The van der Waals surface area contributed by atoms with Crippen LogP contribution in [0.1, 0.15) is 58.2 Å². The molecule has 3 atom stereocenters. The Morgan fingerprint density at radius 3 is 2.56 bits per heavy atom. The summed E-state index contributed by atoms with van der Waals surface area (Å²) >= 11 is 0. The Hall–Kier alpha value is -1.98. The van der Waals surface area contributed by atoms with Crippen molar-refractivity contribution in [2.75, 3.05) is 6.61 Å². The van der Waals surface area contributed by atoms with E-state index < -0.39 is 5.60 Å². The summed E-state index contributed by atoms with van der Waals surface area (Å²) in [5.41, 5.74) is 1.93. The Labute approximate surface area is 161 Å². The number of rotatable bonds is 2. The highest BCUT2D eigenvalue weighted by Gasteiger charge is 2.55. The summed E-state index contributed by atoms with van der Waals surface area (Å²) in [6, 6.07) is 10.2. The fourth-order valence-electron chi connectivity index (χ4n) is 4.86. The number of fused-ring (bicyclic) bond motifs is 3. The molecule has 2 aromatic rings. The monoisotopic (exact) mass is 369 g/mol. The SMILES string of the molecule is C=C[C@H]1C[C@H]2C(C)(C)CCC[C@]2(O)c2c(-c3ccccc3)nnn21.CCO. The van der Waals surface area contributed by atoms with E-state index in [9.17, 15) is 5.11 Å². The quantitative estimate of drug-likeness (QED) is 0.782. The molecule has 0 amide bonds. The third kappa shape index (κ3) is 3.34. The van der Waals surface area contributed by atoms with Gasteiger partial charge in [0.15, 0.2) is 0 Å². The number of benzene rings is 1. The zero-order valence-corrected chi connectivity index (χ0v) is 16.6. The van der Waals surface area contributed by atoms with E-state index in [-0.39, 0.29) is 24.0 Å². The number of aromatic nitrogens is 3. The van der Waals surface area contributed by atoms with E-state index in [0.717, 1.165) is 42.6 Å². The molecule has 1 saturated carbocycles. The van der Waals surface area contributed by atoms with Crippen molar-refractivity contribution in [3.8, 4) is 11.3 Å². The highest BCUT2D eigenvalue weighted by Crippen LogP contribution is 2.57. The van der Waals surface area contributed by atoms with Gasteiger partial charge >= 0.3 is 0 Å². The number of nitrogens with zero attached hydrogens (tertiary/aromatic N) is 3. The highest BCUT2D eigenvalue weighted by molar-refractivity contribution is 5.63. The fraction of sp³-hybridized carbons (Fsp3) is 0.545. The third-order valence-electron chi connectivity index (χ3n) is 6.11. The van der Waals surface area contributed by atoms with E-state index in [0.29, 0.717) is 0 Å². The largest absolute Gasteiger partial charge is 0.397 e. The van der Waals surface area contributed by atoms with Crippen molar-refractivity contribution < 1.29 is 10.2 Å². The van der Waals surface area contributed by atoms with Gasteiger partial charge in [0, 0.05) is 18.1 Å². The van der Waals surface area contributed by atoms with Crippen LogP contribution in [0.3, 0.4) is 0 Å². The lowest BCUT2D eigenvalue weighted by Crippen LogP contribution is -2.52. The van der Waals surface area contributed by atoms with Crippen molar-refractivity contribution >= 4 is 0 Å². The Kier molecular flexibility index (Phi) is 5.54. The molecule has 4 rings (SSSR count). The van der Waals surface area contributed by atoms with Gasteiger partial charge in [0.1, 0.15) is 11.3 Å². The molecular weight excluding hydrogens is 338 g/mol. The van der Waals surface area contributed by atoms with E-state index >= 15 is 0 Å². The normalized spacial score (nSPS) is 28.3. The van der Waals surface area contributed by atoms with E-state index in [4.69, 9.17) is 5.11 Å². The van der Waals surface area contributed by atoms with Crippen molar-refractivity contribution in [1.82, 2.24) is 15.0 Å². The molecule has 0 radical (unpaired) electrons. The average Bonchev–Trinajstić information content (AvgIpc) is 3.09. The Morgan fingerprint density at radius 2 is 1.93 bits per heavy atom. The van der Waals surface area contributed by atoms with Crippen molar-refractivity contribution in [1.29, 1.82) is 0 Å². The molecule has 27 heavy (non-hydrogen) atoms. The number of hydrogen-bond donors (Lipinski definition) is 2. The average molecular weight is 370 g/mol. The molecule has 0 saturated heterocycles. The molecule has 1 aliphatic carbocycles. The minimum absolute atomic E-state index is 0.0904. The van der Waals surface area contributed by atoms with Crippen LogP contribution in [0.4, 0.5) is 0 Å². The summed E-state index contributed by atoms with van der Waals surface area (Å²) in [6.07, 6.45) is 5.76. The molecule has 5 nitrogen and oxygen atoms in total. The second-order valence-electron chi connectivity index (χ2n) is 8.27. The van der Waals surface area contributed by atoms with Crippen LogP contribution in [0.15, 0.2) is 43.0 Å². The van der Waals surface area contributed by atoms with Gasteiger partial charge in [-0.15, -0.1) is 11.7 Å². The highest BCUT2D eigenvalue weighted by atomic mass is 16.3. The zero-order chi connectivity index (χ0) is 19.7. The maximum atomic E-state index is 11.8.